The Balaban J connectivity index is 1.94. The Labute approximate surface area is 136 Å². The minimum atomic E-state index is -1.03. The zero-order valence-electron chi connectivity index (χ0n) is 13.9. The monoisotopic (exact) mass is 320 g/mol. The minimum Gasteiger partial charge on any atom is -0.478 e. The fraction of sp³-hybridized carbons (Fsp3) is 0.588. The third-order valence-electron chi connectivity index (χ3n) is 4.02. The van der Waals surface area contributed by atoms with E-state index in [-0.39, 0.29) is 23.3 Å². The Kier molecular flexibility index (Phi) is 5.71. The Morgan fingerprint density at radius 1 is 1.43 bits per heavy atom. The third-order valence-corrected chi connectivity index (χ3v) is 4.02. The molecule has 1 aromatic heterocycles. The van der Waals surface area contributed by atoms with E-state index in [4.69, 9.17) is 9.84 Å². The average Bonchev–Trinajstić information content (AvgIpc) is 2.94. The summed E-state index contributed by atoms with van der Waals surface area (Å²) in [5.74, 6) is -0.595. The second-order valence-corrected chi connectivity index (χ2v) is 6.35. The van der Waals surface area contributed by atoms with Crippen LogP contribution in [0.25, 0.3) is 0 Å². The van der Waals surface area contributed by atoms with Gasteiger partial charge in [0.15, 0.2) is 0 Å². The van der Waals surface area contributed by atoms with Gasteiger partial charge in [-0.05, 0) is 37.8 Å². The molecule has 1 unspecified atom stereocenters. The molecule has 0 aliphatic carbocycles. The molecule has 1 atom stereocenters. The van der Waals surface area contributed by atoms with E-state index in [9.17, 15) is 9.59 Å². The van der Waals surface area contributed by atoms with Crippen LogP contribution in [0.3, 0.4) is 0 Å². The number of aromatic nitrogens is 1. The van der Waals surface area contributed by atoms with E-state index in [1.165, 1.54) is 12.1 Å². The second-order valence-electron chi connectivity index (χ2n) is 6.35. The molecule has 23 heavy (non-hydrogen) atoms. The van der Waals surface area contributed by atoms with Crippen molar-refractivity contribution in [1.29, 1.82) is 0 Å². The lowest BCUT2D eigenvalue weighted by Gasteiger charge is -2.17. The number of carboxylic acids is 1. The summed E-state index contributed by atoms with van der Waals surface area (Å²) in [7, 11) is 0. The maximum Gasteiger partial charge on any atom is 0.337 e. The smallest absolute Gasteiger partial charge is 0.337 e. The van der Waals surface area contributed by atoms with Crippen LogP contribution >= 0.6 is 0 Å². The van der Waals surface area contributed by atoms with Crippen LogP contribution in [0.5, 0.6) is 0 Å². The Bertz CT molecular complexity index is 586. The van der Waals surface area contributed by atoms with Gasteiger partial charge in [0, 0.05) is 19.7 Å². The van der Waals surface area contributed by atoms with Crippen molar-refractivity contribution >= 4 is 11.9 Å². The molecule has 0 bridgehead atoms. The van der Waals surface area contributed by atoms with E-state index < -0.39 is 5.97 Å². The van der Waals surface area contributed by atoms with E-state index in [0.29, 0.717) is 24.7 Å². The number of amides is 1. The Hall–Kier alpha value is -1.95. The number of hydrogen-bond donors (Lipinski definition) is 1. The molecule has 1 aliphatic rings. The molecular formula is C17H24N2O4. The van der Waals surface area contributed by atoms with Crippen molar-refractivity contribution in [2.45, 2.75) is 39.7 Å². The van der Waals surface area contributed by atoms with Crippen LogP contribution in [-0.2, 0) is 4.74 Å². The number of rotatable bonds is 6. The first kappa shape index (κ1) is 17.4. The van der Waals surface area contributed by atoms with E-state index >= 15 is 0 Å². The van der Waals surface area contributed by atoms with Gasteiger partial charge in [-0.2, -0.15) is 0 Å². The third kappa shape index (κ3) is 4.51. The number of carbonyl (C=O) groups is 2. The molecule has 1 aliphatic heterocycles. The summed E-state index contributed by atoms with van der Waals surface area (Å²) < 4.78 is 5.81. The molecule has 2 heterocycles. The fourth-order valence-corrected chi connectivity index (χ4v) is 2.59. The molecule has 1 fully saturated rings. The van der Waals surface area contributed by atoms with Gasteiger partial charge in [0.1, 0.15) is 5.69 Å². The van der Waals surface area contributed by atoms with Crippen LogP contribution in [0.15, 0.2) is 12.1 Å². The quantitative estimate of drug-likeness (QED) is 0.870. The molecule has 1 saturated heterocycles. The van der Waals surface area contributed by atoms with E-state index in [0.717, 1.165) is 19.4 Å². The lowest BCUT2D eigenvalue weighted by molar-refractivity contribution is 0.0482. The maximum absolute atomic E-state index is 12.5. The van der Waals surface area contributed by atoms with Gasteiger partial charge in [0.25, 0.3) is 5.91 Å². The number of carbonyl (C=O) groups excluding carboxylic acids is 1. The molecule has 6 heteroatoms. The van der Waals surface area contributed by atoms with Crippen molar-refractivity contribution in [2.24, 2.45) is 5.92 Å². The van der Waals surface area contributed by atoms with Crippen LogP contribution in [-0.4, -0.2) is 52.7 Å². The lowest BCUT2D eigenvalue weighted by atomic mass is 10.1. The zero-order valence-corrected chi connectivity index (χ0v) is 13.9. The summed E-state index contributed by atoms with van der Waals surface area (Å²) in [6, 6.07) is 2.91. The number of likely N-dealkylation sites (tertiary alicyclic amines) is 1. The summed E-state index contributed by atoms with van der Waals surface area (Å²) in [4.78, 5) is 29.3. The zero-order chi connectivity index (χ0) is 17.0. The van der Waals surface area contributed by atoms with Crippen LogP contribution < -0.4 is 0 Å². The fourth-order valence-electron chi connectivity index (χ4n) is 2.59. The van der Waals surface area contributed by atoms with Gasteiger partial charge < -0.3 is 14.7 Å². The summed E-state index contributed by atoms with van der Waals surface area (Å²) >= 11 is 0. The van der Waals surface area contributed by atoms with Crippen molar-refractivity contribution in [2.75, 3.05) is 19.7 Å². The van der Waals surface area contributed by atoms with Gasteiger partial charge in [-0.3, -0.25) is 4.79 Å². The van der Waals surface area contributed by atoms with Crippen molar-refractivity contribution in [3.63, 3.8) is 0 Å². The van der Waals surface area contributed by atoms with E-state index in [1.807, 2.05) is 0 Å². The second kappa shape index (κ2) is 7.55. The molecule has 1 aromatic rings. The number of hydrogen-bond acceptors (Lipinski definition) is 4. The normalized spacial score (nSPS) is 17.7. The molecular weight excluding hydrogens is 296 g/mol. The van der Waals surface area contributed by atoms with Crippen LogP contribution in [0.1, 0.15) is 53.2 Å². The lowest BCUT2D eigenvalue weighted by Crippen LogP contribution is -2.31. The standard InChI is InChI=1S/C17H24N2O4/c1-11(2)7-9-23-13-6-8-19(10-13)16(20)15-5-4-14(17(21)22)12(3)18-15/h4-5,11,13H,6-10H2,1-3H3,(H,21,22). The van der Waals surface area contributed by atoms with Gasteiger partial charge in [-0.25, -0.2) is 9.78 Å². The Morgan fingerprint density at radius 3 is 2.78 bits per heavy atom. The van der Waals surface area contributed by atoms with Crippen molar-refractivity contribution < 1.29 is 19.4 Å². The summed E-state index contributed by atoms with van der Waals surface area (Å²) in [6.45, 7) is 7.84. The van der Waals surface area contributed by atoms with E-state index in [2.05, 4.69) is 18.8 Å². The topological polar surface area (TPSA) is 79.7 Å². The minimum absolute atomic E-state index is 0.0806. The van der Waals surface area contributed by atoms with Crippen molar-refractivity contribution in [3.8, 4) is 0 Å². The number of ether oxygens (including phenoxy) is 1. The van der Waals surface area contributed by atoms with Gasteiger partial charge in [0.05, 0.1) is 17.4 Å². The molecule has 1 amide bonds. The number of aryl methyl sites for hydroxylation is 1. The molecule has 0 radical (unpaired) electrons. The average molecular weight is 320 g/mol. The molecule has 2 rings (SSSR count). The highest BCUT2D eigenvalue weighted by Gasteiger charge is 2.28. The number of pyridine rings is 1. The highest BCUT2D eigenvalue weighted by atomic mass is 16.5. The summed E-state index contributed by atoms with van der Waals surface area (Å²) in [5, 5.41) is 9.01. The highest BCUT2D eigenvalue weighted by molar-refractivity contribution is 5.94. The summed E-state index contributed by atoms with van der Waals surface area (Å²) in [6.07, 6.45) is 1.93. The largest absolute Gasteiger partial charge is 0.478 e. The van der Waals surface area contributed by atoms with Gasteiger partial charge in [-0.1, -0.05) is 13.8 Å². The predicted octanol–water partition coefficient (Wildman–Crippen LogP) is 2.37. The van der Waals surface area contributed by atoms with E-state index in [1.54, 1.807) is 11.8 Å². The summed E-state index contributed by atoms with van der Waals surface area (Å²) in [5.41, 5.74) is 0.764. The van der Waals surface area contributed by atoms with Gasteiger partial charge in [0.2, 0.25) is 0 Å². The van der Waals surface area contributed by atoms with Gasteiger partial charge in [-0.15, -0.1) is 0 Å². The van der Waals surface area contributed by atoms with Crippen LogP contribution in [0.4, 0.5) is 0 Å². The molecule has 6 nitrogen and oxygen atoms in total. The molecule has 1 N–H and O–H groups in total. The SMILES string of the molecule is Cc1nc(C(=O)N2CCC(OCCC(C)C)C2)ccc1C(=O)O. The Morgan fingerprint density at radius 2 is 2.17 bits per heavy atom. The molecule has 0 aromatic carbocycles. The first-order valence-electron chi connectivity index (χ1n) is 8.00. The van der Waals surface area contributed by atoms with Crippen molar-refractivity contribution in [3.05, 3.63) is 29.1 Å². The molecule has 0 saturated carbocycles. The van der Waals surface area contributed by atoms with Crippen molar-refractivity contribution in [1.82, 2.24) is 9.88 Å². The predicted molar refractivity (Wildman–Crippen MR) is 85.6 cm³/mol. The first-order chi connectivity index (χ1) is 10.9. The highest BCUT2D eigenvalue weighted by Crippen LogP contribution is 2.17. The molecule has 0 spiro atoms. The van der Waals surface area contributed by atoms with Crippen LogP contribution in [0, 0.1) is 12.8 Å². The number of aromatic carboxylic acids is 1. The van der Waals surface area contributed by atoms with Gasteiger partial charge >= 0.3 is 5.97 Å². The molecule has 126 valence electrons. The number of nitrogens with zero attached hydrogens (tertiary/aromatic N) is 2. The maximum atomic E-state index is 12.5. The van der Waals surface area contributed by atoms with Crippen LogP contribution in [0.2, 0.25) is 0 Å². The number of carboxylic acid groups (broad SMARTS) is 1. The first-order valence-corrected chi connectivity index (χ1v) is 8.00.